The Kier molecular flexibility index (Phi) is 4.59. The number of nitrogens with zero attached hydrogens (tertiary/aromatic N) is 1. The van der Waals surface area contributed by atoms with E-state index >= 15 is 0 Å². The summed E-state index contributed by atoms with van der Waals surface area (Å²) in [4.78, 5) is 13.7. The fraction of sp³-hybridized carbons (Fsp3) is 0.562. The molecule has 1 aromatic rings. The average Bonchev–Trinajstić information content (AvgIpc) is 2.90. The van der Waals surface area contributed by atoms with Crippen LogP contribution in [0.25, 0.3) is 0 Å². The predicted octanol–water partition coefficient (Wildman–Crippen LogP) is 1.77. The Hall–Kier alpha value is -1.35. The molecular weight excluding hydrogens is 236 g/mol. The molecule has 0 fully saturated rings. The first-order valence-corrected chi connectivity index (χ1v) is 7.17. The van der Waals surface area contributed by atoms with Gasteiger partial charge in [-0.05, 0) is 42.4 Å². The molecule has 0 saturated carbocycles. The maximum atomic E-state index is 11.9. The van der Waals surface area contributed by atoms with Crippen molar-refractivity contribution in [2.45, 2.75) is 32.6 Å². The third kappa shape index (κ3) is 3.35. The highest BCUT2D eigenvalue weighted by Gasteiger charge is 2.16. The molecule has 1 aliphatic rings. The quantitative estimate of drug-likeness (QED) is 0.877. The third-order valence-electron chi connectivity index (χ3n) is 4.05. The molecule has 0 saturated heterocycles. The molecule has 0 aliphatic heterocycles. The second-order valence-electron chi connectivity index (χ2n) is 5.60. The molecule has 0 heterocycles. The largest absolute Gasteiger partial charge is 0.345 e. The van der Waals surface area contributed by atoms with Crippen LogP contribution in [0.1, 0.15) is 30.0 Å². The summed E-state index contributed by atoms with van der Waals surface area (Å²) in [6, 6.07) is 6.77. The van der Waals surface area contributed by atoms with Crippen molar-refractivity contribution in [2.75, 3.05) is 20.1 Å². The van der Waals surface area contributed by atoms with Gasteiger partial charge in [0.2, 0.25) is 5.91 Å². The van der Waals surface area contributed by atoms with Gasteiger partial charge in [-0.2, -0.15) is 0 Å². The number of fused-ring (bicyclic) bond motifs is 1. The zero-order valence-corrected chi connectivity index (χ0v) is 12.0. The molecule has 1 aromatic carbocycles. The molecule has 0 bridgehead atoms. The summed E-state index contributed by atoms with van der Waals surface area (Å²) >= 11 is 0. The van der Waals surface area contributed by atoms with Crippen LogP contribution in [-0.4, -0.2) is 30.9 Å². The number of rotatable bonds is 5. The minimum absolute atomic E-state index is 0.0787. The lowest BCUT2D eigenvalue weighted by molar-refractivity contribution is -0.133. The minimum atomic E-state index is -0.0787. The Morgan fingerprint density at radius 1 is 1.37 bits per heavy atom. The van der Waals surface area contributed by atoms with Crippen LogP contribution >= 0.6 is 0 Å². The van der Waals surface area contributed by atoms with Gasteiger partial charge in [-0.3, -0.25) is 4.79 Å². The van der Waals surface area contributed by atoms with E-state index in [0.29, 0.717) is 6.54 Å². The van der Waals surface area contributed by atoms with Gasteiger partial charge in [0.05, 0.1) is 0 Å². The number of carbonyl (C=O) groups is 1. The molecule has 1 aliphatic carbocycles. The standard InChI is InChI=1S/C16H24N2O/c1-12(11-17)16(19)18(2)9-8-13-6-7-14-4-3-5-15(14)10-13/h6-7,10,12H,3-5,8-9,11,17H2,1-2H3. The number of likely N-dealkylation sites (N-methyl/N-ethyl adjacent to an activating group) is 1. The first-order chi connectivity index (χ1) is 9.11. The summed E-state index contributed by atoms with van der Waals surface area (Å²) in [5.41, 5.74) is 9.87. The molecular formula is C16H24N2O. The van der Waals surface area contributed by atoms with Crippen LogP contribution < -0.4 is 5.73 Å². The lowest BCUT2D eigenvalue weighted by atomic mass is 10.0. The Balaban J connectivity index is 1.90. The lowest BCUT2D eigenvalue weighted by Gasteiger charge is -2.20. The Bertz CT molecular complexity index is 456. The molecule has 2 N–H and O–H groups in total. The number of amides is 1. The molecule has 104 valence electrons. The van der Waals surface area contributed by atoms with Crippen LogP contribution in [0.2, 0.25) is 0 Å². The van der Waals surface area contributed by atoms with Crippen LogP contribution in [0.4, 0.5) is 0 Å². The van der Waals surface area contributed by atoms with E-state index in [2.05, 4.69) is 18.2 Å². The summed E-state index contributed by atoms with van der Waals surface area (Å²) in [6.07, 6.45) is 4.64. The van der Waals surface area contributed by atoms with Crippen molar-refractivity contribution in [1.82, 2.24) is 4.90 Å². The highest BCUT2D eigenvalue weighted by atomic mass is 16.2. The van der Waals surface area contributed by atoms with Gasteiger partial charge in [-0.15, -0.1) is 0 Å². The number of carbonyl (C=O) groups excluding carboxylic acids is 1. The van der Waals surface area contributed by atoms with E-state index in [4.69, 9.17) is 5.73 Å². The molecule has 3 heteroatoms. The summed E-state index contributed by atoms with van der Waals surface area (Å²) in [7, 11) is 1.86. The van der Waals surface area contributed by atoms with Gasteiger partial charge in [0.15, 0.2) is 0 Å². The van der Waals surface area contributed by atoms with E-state index in [0.717, 1.165) is 13.0 Å². The van der Waals surface area contributed by atoms with Crippen LogP contribution in [0.3, 0.4) is 0 Å². The maximum absolute atomic E-state index is 11.9. The van der Waals surface area contributed by atoms with Crippen LogP contribution in [-0.2, 0) is 24.1 Å². The van der Waals surface area contributed by atoms with Crippen molar-refractivity contribution < 1.29 is 4.79 Å². The van der Waals surface area contributed by atoms with Crippen molar-refractivity contribution >= 4 is 5.91 Å². The third-order valence-corrected chi connectivity index (χ3v) is 4.05. The zero-order valence-electron chi connectivity index (χ0n) is 12.0. The zero-order chi connectivity index (χ0) is 13.8. The van der Waals surface area contributed by atoms with Gasteiger partial charge in [0.1, 0.15) is 0 Å². The molecule has 2 rings (SSSR count). The van der Waals surface area contributed by atoms with Crippen molar-refractivity contribution in [3.05, 3.63) is 34.9 Å². The number of nitrogens with two attached hydrogens (primary N) is 1. The Morgan fingerprint density at radius 3 is 2.84 bits per heavy atom. The first kappa shape index (κ1) is 14.1. The van der Waals surface area contributed by atoms with E-state index in [1.165, 1.54) is 36.0 Å². The van der Waals surface area contributed by atoms with Gasteiger partial charge in [0.25, 0.3) is 0 Å². The second kappa shape index (κ2) is 6.20. The van der Waals surface area contributed by atoms with E-state index < -0.39 is 0 Å². The van der Waals surface area contributed by atoms with Gasteiger partial charge in [-0.1, -0.05) is 25.1 Å². The molecule has 1 unspecified atom stereocenters. The molecule has 1 amide bonds. The highest BCUT2D eigenvalue weighted by Crippen LogP contribution is 2.23. The minimum Gasteiger partial charge on any atom is -0.345 e. The molecule has 0 spiro atoms. The van der Waals surface area contributed by atoms with Gasteiger partial charge in [-0.25, -0.2) is 0 Å². The molecule has 3 nitrogen and oxygen atoms in total. The number of hydrogen-bond donors (Lipinski definition) is 1. The van der Waals surface area contributed by atoms with Gasteiger partial charge >= 0.3 is 0 Å². The fourth-order valence-electron chi connectivity index (χ4n) is 2.66. The summed E-state index contributed by atoms with van der Waals surface area (Å²) in [5, 5.41) is 0. The normalized spacial score (nSPS) is 15.1. The molecule has 19 heavy (non-hydrogen) atoms. The highest BCUT2D eigenvalue weighted by molar-refractivity contribution is 5.78. The van der Waals surface area contributed by atoms with Crippen molar-refractivity contribution in [3.8, 4) is 0 Å². The van der Waals surface area contributed by atoms with Crippen molar-refractivity contribution in [3.63, 3.8) is 0 Å². The topological polar surface area (TPSA) is 46.3 Å². The summed E-state index contributed by atoms with van der Waals surface area (Å²) in [6.45, 7) is 3.07. The molecule has 1 atom stereocenters. The van der Waals surface area contributed by atoms with Crippen LogP contribution in [0, 0.1) is 5.92 Å². The first-order valence-electron chi connectivity index (χ1n) is 7.17. The van der Waals surface area contributed by atoms with Gasteiger partial charge < -0.3 is 10.6 Å². The van der Waals surface area contributed by atoms with E-state index in [1.54, 1.807) is 4.90 Å². The predicted molar refractivity (Wildman–Crippen MR) is 78.0 cm³/mol. The van der Waals surface area contributed by atoms with E-state index in [1.807, 2.05) is 14.0 Å². The summed E-state index contributed by atoms with van der Waals surface area (Å²) < 4.78 is 0. The lowest BCUT2D eigenvalue weighted by Crippen LogP contribution is -2.36. The molecule has 0 radical (unpaired) electrons. The fourth-order valence-corrected chi connectivity index (χ4v) is 2.66. The number of hydrogen-bond acceptors (Lipinski definition) is 2. The monoisotopic (exact) mass is 260 g/mol. The second-order valence-corrected chi connectivity index (χ2v) is 5.60. The summed E-state index contributed by atoms with van der Waals surface area (Å²) in [5.74, 6) is 0.0636. The smallest absolute Gasteiger partial charge is 0.226 e. The number of benzene rings is 1. The van der Waals surface area contributed by atoms with Gasteiger partial charge in [0, 0.05) is 26.1 Å². The van der Waals surface area contributed by atoms with Crippen LogP contribution in [0.15, 0.2) is 18.2 Å². The van der Waals surface area contributed by atoms with Crippen molar-refractivity contribution in [2.24, 2.45) is 11.7 Å². The van der Waals surface area contributed by atoms with Crippen molar-refractivity contribution in [1.29, 1.82) is 0 Å². The van der Waals surface area contributed by atoms with Crippen LogP contribution in [0.5, 0.6) is 0 Å². The van der Waals surface area contributed by atoms with E-state index in [-0.39, 0.29) is 11.8 Å². The SMILES string of the molecule is CC(CN)C(=O)N(C)CCc1ccc2c(c1)CCC2. The number of aryl methyl sites for hydroxylation is 2. The Labute approximate surface area is 115 Å². The van der Waals surface area contributed by atoms with E-state index in [9.17, 15) is 4.79 Å². The maximum Gasteiger partial charge on any atom is 0.226 e. The Morgan fingerprint density at radius 2 is 2.11 bits per heavy atom. The molecule has 0 aromatic heterocycles. The average molecular weight is 260 g/mol.